The van der Waals surface area contributed by atoms with E-state index in [0.29, 0.717) is 51.5 Å². The average molecular weight is 1210 g/mol. The Balaban J connectivity index is 0.717. The van der Waals surface area contributed by atoms with Gasteiger partial charge in [0.2, 0.25) is 11.8 Å². The molecule has 0 saturated carbocycles. The number of allylic oxidation sites excluding steroid dienone is 24. The molecular weight excluding hydrogens is 1120 g/mol. The summed E-state index contributed by atoms with van der Waals surface area (Å²) < 4.78 is 5.50. The summed E-state index contributed by atoms with van der Waals surface area (Å²) in [6, 6.07) is -0.877. The van der Waals surface area contributed by atoms with Crippen LogP contribution < -0.4 is 21.3 Å². The van der Waals surface area contributed by atoms with Gasteiger partial charge in [-0.3, -0.25) is 9.59 Å². The molecule has 0 radical (unpaired) electrons. The molecule has 0 spiro atoms. The lowest BCUT2D eigenvalue weighted by Gasteiger charge is -2.20. The summed E-state index contributed by atoms with van der Waals surface area (Å²) in [4.78, 5) is 72.5. The number of aliphatic hydroxyl groups is 2. The summed E-state index contributed by atoms with van der Waals surface area (Å²) in [5, 5.41) is 37.0. The second-order valence-corrected chi connectivity index (χ2v) is 25.3. The van der Waals surface area contributed by atoms with Crippen LogP contribution >= 0.6 is 0 Å². The van der Waals surface area contributed by atoms with Gasteiger partial charge in [-0.15, -0.1) is 0 Å². The summed E-state index contributed by atoms with van der Waals surface area (Å²) in [6.07, 6.45) is 21.1. The fraction of sp³-hybridized carbons (Fsp3) is 0.392. The van der Waals surface area contributed by atoms with Gasteiger partial charge in [0, 0.05) is 112 Å². The Morgan fingerprint density at radius 3 is 1.49 bits per heavy atom. The van der Waals surface area contributed by atoms with Crippen LogP contribution in [-0.2, 0) is 19.1 Å². The van der Waals surface area contributed by atoms with Crippen LogP contribution in [0.1, 0.15) is 147 Å². The number of carbonyl (C=O) groups is 3. The highest BCUT2D eigenvalue weighted by Crippen LogP contribution is 2.49. The van der Waals surface area contributed by atoms with E-state index in [1.165, 1.54) is 0 Å². The van der Waals surface area contributed by atoms with E-state index in [9.17, 15) is 24.6 Å². The van der Waals surface area contributed by atoms with Crippen LogP contribution in [0.25, 0.3) is 0 Å². The van der Waals surface area contributed by atoms with Crippen LogP contribution in [0, 0.1) is 23.7 Å². The largest absolute Gasteiger partial charge is 0.511 e. The lowest BCUT2D eigenvalue weighted by Crippen LogP contribution is -2.42. The number of nitrogens with zero attached hydrogens (tertiary/aromatic N) is 6. The number of aliphatic imine (C=N–C) groups is 6. The Kier molecular flexibility index (Phi) is 16.6. The van der Waals surface area contributed by atoms with E-state index in [4.69, 9.17) is 34.7 Å². The highest BCUT2D eigenvalue weighted by atomic mass is 16.5. The minimum Gasteiger partial charge on any atom is -0.511 e. The standard InChI is InChI=1S/C74H82N10O6/c1-14-43-35(6)52-29-56-39(10)47(70(81-56)49-27-64(85)68-41(12)58(83-72(49)68)33-62-45(16-3)37(8)54(78-62)31-60(43)76-52)22-24-66(87)75-26-20-19-21-51(74(89)90-18-5)80-67(88)25-23-48-40(11)57-30-53-36(7)44(15-2)61(77-53)32-55-38(9)46(17-4)63(79-55)34-59-42(13)69-65(86)28-50(71(48)82-57)73(69)84-59/h14-15,29-34,39-40,47-48,51,81-82,85-86H,1-2,16-28H2,3-13H3,(H,75,87)(H,80,88)/t39-,40-,47-,48-,51?/m0/s1. The number of hydrogen-bond donors (Lipinski definition) is 6. The number of amides is 2. The number of rotatable bonds is 18. The van der Waals surface area contributed by atoms with Crippen LogP contribution in [0.2, 0.25) is 0 Å². The minimum atomic E-state index is -0.877. The number of fused-ring (bicyclic) bond motifs is 10. The molecule has 90 heavy (non-hydrogen) atoms. The summed E-state index contributed by atoms with van der Waals surface area (Å²) >= 11 is 0. The van der Waals surface area contributed by atoms with Crippen molar-refractivity contribution in [3.05, 3.63) is 208 Å². The fourth-order valence-corrected chi connectivity index (χ4v) is 14.9. The van der Waals surface area contributed by atoms with Crippen LogP contribution in [-0.4, -0.2) is 81.5 Å². The first-order valence-corrected chi connectivity index (χ1v) is 32.2. The first-order chi connectivity index (χ1) is 43.2. The summed E-state index contributed by atoms with van der Waals surface area (Å²) in [7, 11) is 0. The molecular formula is C74H82N10O6. The van der Waals surface area contributed by atoms with Crippen molar-refractivity contribution in [2.75, 3.05) is 13.2 Å². The predicted octanol–water partition coefficient (Wildman–Crippen LogP) is 13.6. The van der Waals surface area contributed by atoms with Crippen molar-refractivity contribution in [3.63, 3.8) is 0 Å². The van der Waals surface area contributed by atoms with Crippen LogP contribution in [0.4, 0.5) is 0 Å². The third kappa shape index (κ3) is 10.7. The van der Waals surface area contributed by atoms with Crippen molar-refractivity contribution < 1.29 is 29.3 Å². The number of aliphatic hydroxyl groups excluding tert-OH is 2. The molecule has 6 N–H and O–H groups in total. The van der Waals surface area contributed by atoms with Crippen molar-refractivity contribution in [2.24, 2.45) is 53.6 Å². The minimum absolute atomic E-state index is 0.0225. The van der Waals surface area contributed by atoms with Crippen molar-refractivity contribution in [1.29, 1.82) is 0 Å². The van der Waals surface area contributed by atoms with E-state index in [-0.39, 0.29) is 66.5 Å². The van der Waals surface area contributed by atoms with Gasteiger partial charge in [0.1, 0.15) is 17.6 Å². The Bertz CT molecular complexity index is 4140. The lowest BCUT2D eigenvalue weighted by molar-refractivity contribution is -0.147. The first kappa shape index (κ1) is 61.2. The predicted molar refractivity (Wildman–Crippen MR) is 358 cm³/mol. The number of hydrogen-bond acceptors (Lipinski definition) is 14. The molecule has 0 aromatic heterocycles. The fourth-order valence-electron chi connectivity index (χ4n) is 14.9. The Morgan fingerprint density at radius 2 is 1.04 bits per heavy atom. The van der Waals surface area contributed by atoms with Crippen molar-refractivity contribution >= 4 is 52.1 Å². The van der Waals surface area contributed by atoms with Gasteiger partial charge in [0.05, 0.1) is 75.1 Å². The molecule has 464 valence electrons. The third-order valence-electron chi connectivity index (χ3n) is 20.1. The summed E-state index contributed by atoms with van der Waals surface area (Å²) in [6.45, 7) is 31.5. The van der Waals surface area contributed by atoms with Gasteiger partial charge in [-0.1, -0.05) is 53.0 Å². The molecule has 0 aromatic carbocycles. The highest BCUT2D eigenvalue weighted by molar-refractivity contribution is 6.23. The number of unbranched alkanes of at least 4 members (excludes halogenated alkanes) is 1. The second-order valence-electron chi connectivity index (χ2n) is 25.3. The number of nitrogens with one attached hydrogen (secondary N) is 4. The molecule has 2 aliphatic carbocycles. The topological polar surface area (TPSA) is 223 Å². The van der Waals surface area contributed by atoms with E-state index in [1.807, 2.05) is 44.2 Å². The van der Waals surface area contributed by atoms with Gasteiger partial charge in [-0.2, -0.15) is 0 Å². The smallest absolute Gasteiger partial charge is 0.328 e. The molecule has 10 heterocycles. The molecule has 2 amide bonds. The first-order valence-electron chi connectivity index (χ1n) is 32.2. The SMILES string of the molecule is C=CC1=C(C)C2=NC1=CC1=NC(=CC3=C(C)C4=C(O)CC(=C5NC(=C2)[C@@H](C)[C@@H]5CCC(=O)NCCCCC(NC(=O)CC[C@@H]2C5=C6CC(O)=C7C6=NC(=C7C)C=C6N=C(C=C7N=C(C=C(N5)[C@H]2C)C(C)=C7C=C)C(C)=C6CC)C(=O)OCC)C4=N3)C(CC)=C1C. The molecule has 16 heteroatoms. The molecule has 2 saturated heterocycles. The number of ether oxygens (including phenoxy) is 1. The molecule has 12 rings (SSSR count). The highest BCUT2D eigenvalue weighted by Gasteiger charge is 2.44. The second kappa shape index (κ2) is 24.4. The molecule has 0 aromatic rings. The average Bonchev–Trinajstić information content (AvgIpc) is 1.60. The maximum absolute atomic E-state index is 14.2. The van der Waals surface area contributed by atoms with Crippen molar-refractivity contribution in [1.82, 2.24) is 21.3 Å². The zero-order valence-corrected chi connectivity index (χ0v) is 53.8. The Hall–Kier alpha value is -9.05. The van der Waals surface area contributed by atoms with Crippen molar-refractivity contribution in [3.8, 4) is 0 Å². The maximum atomic E-state index is 14.2. The zero-order valence-electron chi connectivity index (χ0n) is 53.8. The summed E-state index contributed by atoms with van der Waals surface area (Å²) in [5.74, 6) is -0.674. The van der Waals surface area contributed by atoms with Gasteiger partial charge in [0.25, 0.3) is 0 Å². The normalized spacial score (nSPS) is 24.3. The maximum Gasteiger partial charge on any atom is 0.328 e. The molecule has 16 nitrogen and oxygen atoms in total. The van der Waals surface area contributed by atoms with Gasteiger partial charge < -0.3 is 36.2 Å². The van der Waals surface area contributed by atoms with E-state index in [0.717, 1.165) is 182 Å². The molecule has 2 fully saturated rings. The van der Waals surface area contributed by atoms with E-state index in [1.54, 1.807) is 6.92 Å². The quantitative estimate of drug-likeness (QED) is 0.0571. The van der Waals surface area contributed by atoms with Gasteiger partial charge >= 0.3 is 5.97 Å². The molecule has 12 aliphatic rings. The Morgan fingerprint density at radius 1 is 0.600 bits per heavy atom. The zero-order chi connectivity index (χ0) is 63.7. The monoisotopic (exact) mass is 1210 g/mol. The molecule has 16 bridgehead atoms. The summed E-state index contributed by atoms with van der Waals surface area (Å²) in [5.41, 5.74) is 26.9. The van der Waals surface area contributed by atoms with Gasteiger partial charge in [-0.25, -0.2) is 34.7 Å². The number of esters is 1. The molecule has 5 atom stereocenters. The van der Waals surface area contributed by atoms with Gasteiger partial charge in [0.15, 0.2) is 0 Å². The van der Waals surface area contributed by atoms with E-state index in [2.05, 4.69) is 108 Å². The third-order valence-corrected chi connectivity index (χ3v) is 20.1. The van der Waals surface area contributed by atoms with Gasteiger partial charge in [-0.05, 0) is 174 Å². The molecule has 1 unspecified atom stereocenters. The van der Waals surface area contributed by atoms with E-state index >= 15 is 0 Å². The van der Waals surface area contributed by atoms with Crippen molar-refractivity contribution in [2.45, 2.75) is 153 Å². The van der Waals surface area contributed by atoms with Crippen LogP contribution in [0.15, 0.2) is 238 Å². The molecule has 10 aliphatic heterocycles. The number of carbonyl (C=O) groups excluding carboxylic acids is 3. The van der Waals surface area contributed by atoms with Crippen LogP contribution in [0.5, 0.6) is 0 Å². The Labute approximate surface area is 528 Å². The lowest BCUT2D eigenvalue weighted by atomic mass is 9.86. The van der Waals surface area contributed by atoms with E-state index < -0.39 is 12.0 Å². The van der Waals surface area contributed by atoms with Crippen LogP contribution in [0.3, 0.4) is 0 Å².